The highest BCUT2D eigenvalue weighted by molar-refractivity contribution is 5.77. The number of ether oxygens (including phenoxy) is 2. The van der Waals surface area contributed by atoms with Crippen molar-refractivity contribution in [3.8, 4) is 0 Å². The Morgan fingerprint density at radius 1 is 0.346 bits per heavy atom. The second kappa shape index (κ2) is 13.5. The van der Waals surface area contributed by atoms with Crippen LogP contribution in [-0.2, 0) is 14.3 Å². The summed E-state index contributed by atoms with van der Waals surface area (Å²) in [6.45, 7) is 0. The van der Waals surface area contributed by atoms with Crippen LogP contribution in [-0.4, -0.2) is 96.0 Å². The minimum atomic E-state index is -8.14. The molecule has 0 aliphatic rings. The van der Waals surface area contributed by atoms with E-state index in [1.165, 1.54) is 4.74 Å². The molecular weight excluding hydrogens is 869 g/mol. The van der Waals surface area contributed by atoms with Crippen LogP contribution in [0.15, 0.2) is 0 Å². The third-order valence-corrected chi connectivity index (χ3v) is 4.48. The maximum atomic E-state index is 13.5. The highest BCUT2D eigenvalue weighted by Crippen LogP contribution is 2.58. The second-order valence-corrected chi connectivity index (χ2v) is 8.22. The van der Waals surface area contributed by atoms with E-state index in [1.54, 1.807) is 0 Å². The topological polar surface area (TPSA) is 38.8 Å². The first-order chi connectivity index (χ1) is 21.7. The summed E-state index contributed by atoms with van der Waals surface area (Å²) in [5.41, 5.74) is 0. The van der Waals surface area contributed by atoms with Crippen LogP contribution in [0.5, 0.6) is 0 Å². The largest absolute Gasteiger partial charge is 0.469 e. The lowest BCUT2D eigenvalue weighted by atomic mass is 10.2. The molecule has 0 bridgehead atoms. The molecule has 2 unspecified atom stereocenters. The predicted octanol–water partition coefficient (Wildman–Crippen LogP) is 10.1. The molecule has 37 heteroatoms. The molecule has 0 spiro atoms. The van der Waals surface area contributed by atoms with E-state index in [0.717, 1.165) is 4.74 Å². The number of nitrogens with zero attached hydrogens (tertiary/aromatic N) is 1. The normalized spacial score (nSPS) is 18.0. The Kier molecular flexibility index (Phi) is 13.3. The molecule has 0 saturated carbocycles. The Hall–Kier alpha value is -2.76. The lowest BCUT2D eigenvalue weighted by molar-refractivity contribution is -0.548. The molecule has 2 atom stereocenters. The number of hydrogen-bond acceptors (Lipinski definition) is 4. The molecule has 0 heterocycles. The van der Waals surface area contributed by atoms with Gasteiger partial charge in [-0.25, -0.2) is 0 Å². The van der Waals surface area contributed by atoms with E-state index >= 15 is 0 Å². The molecule has 314 valence electrons. The van der Waals surface area contributed by atoms with Crippen LogP contribution in [0.2, 0.25) is 0 Å². The van der Waals surface area contributed by atoms with Crippen molar-refractivity contribution >= 4 is 6.04 Å². The summed E-state index contributed by atoms with van der Waals surface area (Å²) in [7, 11) is 0. The van der Waals surface area contributed by atoms with Crippen molar-refractivity contribution in [1.82, 2.24) is 4.90 Å². The minimum Gasteiger partial charge on any atom is -0.262 e. The van der Waals surface area contributed by atoms with E-state index in [0.29, 0.717) is 0 Å². The second-order valence-electron chi connectivity index (χ2n) is 8.22. The molecular formula is C15F33NO3. The van der Waals surface area contributed by atoms with Crippen molar-refractivity contribution in [2.24, 2.45) is 0 Å². The Morgan fingerprint density at radius 3 is 0.788 bits per heavy atom. The van der Waals surface area contributed by atoms with Gasteiger partial charge in [-0.3, -0.25) is 14.3 Å². The lowest BCUT2D eigenvalue weighted by Crippen LogP contribution is -2.72. The highest BCUT2D eigenvalue weighted by atomic mass is 19.5. The number of rotatable bonds is 10. The van der Waals surface area contributed by atoms with Gasteiger partial charge in [-0.15, -0.1) is 0 Å². The van der Waals surface area contributed by atoms with Crippen LogP contribution in [0.3, 0.4) is 0 Å². The van der Waals surface area contributed by atoms with E-state index in [1.807, 2.05) is 0 Å². The first-order valence-electron chi connectivity index (χ1n) is 10.2. The van der Waals surface area contributed by atoms with Crippen molar-refractivity contribution in [2.45, 2.75) is 85.0 Å². The summed E-state index contributed by atoms with van der Waals surface area (Å²) in [6, 6.07) is -28.4. The molecule has 52 heavy (non-hydrogen) atoms. The van der Waals surface area contributed by atoms with Crippen molar-refractivity contribution in [3.05, 3.63) is 0 Å². The minimum absolute atomic E-state index is 1.15. The third-order valence-electron chi connectivity index (χ3n) is 4.48. The van der Waals surface area contributed by atoms with E-state index < -0.39 is 96.0 Å². The van der Waals surface area contributed by atoms with Gasteiger partial charge in [0.25, 0.3) is 0 Å². The fourth-order valence-corrected chi connectivity index (χ4v) is 2.05. The predicted molar refractivity (Wildman–Crippen MR) is 83.8 cm³/mol. The van der Waals surface area contributed by atoms with Crippen molar-refractivity contribution in [2.75, 3.05) is 0 Å². The summed E-state index contributed by atoms with van der Waals surface area (Å²) in [5.74, 6) is -23.3. The van der Waals surface area contributed by atoms with Crippen molar-refractivity contribution in [1.29, 1.82) is 0 Å². The van der Waals surface area contributed by atoms with E-state index in [-0.39, 0.29) is 0 Å². The Balaban J connectivity index is 0. The van der Waals surface area contributed by atoms with Crippen LogP contribution in [0.4, 0.5) is 145 Å². The van der Waals surface area contributed by atoms with Crippen molar-refractivity contribution < 1.29 is 159 Å². The van der Waals surface area contributed by atoms with Gasteiger partial charge in [0.05, 0.1) is 0 Å². The highest BCUT2D eigenvalue weighted by Gasteiger charge is 2.87. The number of carbonyl (C=O) groups excluding carboxylic acids is 1. The number of hydrogen-bond donors (Lipinski definition) is 0. The van der Waals surface area contributed by atoms with Gasteiger partial charge in [-0.05, 0) is 0 Å². The Morgan fingerprint density at radius 2 is 0.615 bits per heavy atom. The zero-order chi connectivity index (χ0) is 43.6. The zero-order valence-corrected chi connectivity index (χ0v) is 21.6. The Bertz CT molecular complexity index is 1170. The van der Waals surface area contributed by atoms with Gasteiger partial charge in [-0.2, -0.15) is 145 Å². The maximum Gasteiger partial charge on any atom is 0.469 e. The fraction of sp³-hybridized carbons (Fsp3) is 0.933. The average Bonchev–Trinajstić information content (AvgIpc) is 2.78. The third kappa shape index (κ3) is 9.12. The van der Waals surface area contributed by atoms with Crippen molar-refractivity contribution in [3.63, 3.8) is 0 Å². The molecule has 0 amide bonds. The molecule has 0 radical (unpaired) electrons. The number of halogens is 33. The van der Waals surface area contributed by atoms with Crippen LogP contribution >= 0.6 is 0 Å². The van der Waals surface area contributed by atoms with Gasteiger partial charge < -0.3 is 0 Å². The molecule has 0 aromatic heterocycles. The smallest absolute Gasteiger partial charge is 0.262 e. The van der Waals surface area contributed by atoms with Crippen LogP contribution in [0, 0.1) is 0 Å². The van der Waals surface area contributed by atoms with Gasteiger partial charge >= 0.3 is 91.1 Å². The first-order valence-corrected chi connectivity index (χ1v) is 10.2. The van der Waals surface area contributed by atoms with Gasteiger partial charge in [0, 0.05) is 0 Å². The van der Waals surface area contributed by atoms with Gasteiger partial charge in [0.15, 0.2) is 0 Å². The molecule has 0 aromatic carbocycles. The quantitative estimate of drug-likeness (QED) is 0.125. The molecule has 0 rings (SSSR count). The van der Waals surface area contributed by atoms with E-state index in [4.69, 9.17) is 0 Å². The standard InChI is InChI=1S/C9F18O3.C6F15N/c10-1(28)2(11,5(15,16)17)29-9(26,27)4(14,7(21,22)23)30-8(24,25)3(12,13)6(18,19)20;7-1(8,9)4(16,17)22(5(18,19)2(10,11)12)6(20,21)3(13,14)15. The lowest BCUT2D eigenvalue weighted by Gasteiger charge is -2.42. The van der Waals surface area contributed by atoms with E-state index in [2.05, 4.69) is 0 Å². The maximum absolute atomic E-state index is 13.5. The molecule has 4 nitrogen and oxygen atoms in total. The Labute approximate surface area is 256 Å². The fourth-order valence-electron chi connectivity index (χ4n) is 2.05. The molecule has 0 aliphatic carbocycles. The molecule has 0 aromatic rings. The monoisotopic (exact) mass is 869 g/mol. The van der Waals surface area contributed by atoms with Crippen LogP contribution in [0.25, 0.3) is 0 Å². The molecule has 0 saturated heterocycles. The zero-order valence-electron chi connectivity index (χ0n) is 21.6. The SMILES string of the molecule is FC(F)(F)C(F)(F)N(C(F)(F)C(F)(F)F)C(F)(F)C(F)(F)F.O=C(F)C(F)(OC(F)(F)C(F)(OC(F)(F)C(F)(F)C(F)(F)F)C(F)(F)F)C(F)(F)F. The summed E-state index contributed by atoms with van der Waals surface area (Å²) < 4.78 is 407. The summed E-state index contributed by atoms with van der Waals surface area (Å²) >= 11 is 0. The average molecular weight is 869 g/mol. The van der Waals surface area contributed by atoms with Crippen LogP contribution in [0.1, 0.15) is 0 Å². The first kappa shape index (κ1) is 51.3. The van der Waals surface area contributed by atoms with Gasteiger partial charge in [0.2, 0.25) is 0 Å². The summed E-state index contributed by atoms with van der Waals surface area (Å²) in [4.78, 5) is 5.30. The number of alkyl halides is 32. The summed E-state index contributed by atoms with van der Waals surface area (Å²) in [5, 5.41) is 0. The van der Waals surface area contributed by atoms with Gasteiger partial charge in [0.1, 0.15) is 0 Å². The molecule has 0 aliphatic heterocycles. The van der Waals surface area contributed by atoms with Gasteiger partial charge in [-0.1, -0.05) is 4.90 Å². The molecule has 0 N–H and O–H groups in total. The number of carbonyl (C=O) groups is 1. The van der Waals surface area contributed by atoms with E-state index in [9.17, 15) is 150 Å². The molecule has 0 fully saturated rings. The van der Waals surface area contributed by atoms with Crippen LogP contribution < -0.4 is 0 Å². The summed E-state index contributed by atoms with van der Waals surface area (Å²) in [6.07, 6.45) is -61.9.